The topological polar surface area (TPSA) is 102 Å². The first-order valence-electron chi connectivity index (χ1n) is 10.6. The van der Waals surface area contributed by atoms with Gasteiger partial charge in [0.15, 0.2) is 0 Å². The van der Waals surface area contributed by atoms with Crippen LogP contribution in [0.25, 0.3) is 10.9 Å². The monoisotopic (exact) mass is 456 g/mol. The third kappa shape index (κ3) is 5.60. The lowest BCUT2D eigenvalue weighted by Crippen LogP contribution is -2.19. The minimum Gasteiger partial charge on any atom is -0.496 e. The van der Waals surface area contributed by atoms with Crippen LogP contribution in [0.5, 0.6) is 17.2 Å². The van der Waals surface area contributed by atoms with Crippen LogP contribution < -0.4 is 25.4 Å². The van der Waals surface area contributed by atoms with E-state index in [0.29, 0.717) is 40.7 Å². The Balaban J connectivity index is 1.50. The zero-order valence-corrected chi connectivity index (χ0v) is 18.8. The van der Waals surface area contributed by atoms with Crippen molar-refractivity contribution in [2.24, 2.45) is 0 Å². The van der Waals surface area contributed by atoms with Gasteiger partial charge in [-0.15, -0.1) is 0 Å². The van der Waals surface area contributed by atoms with Gasteiger partial charge in [-0.1, -0.05) is 18.2 Å². The number of para-hydroxylation sites is 1. The molecule has 8 nitrogen and oxygen atoms in total. The summed E-state index contributed by atoms with van der Waals surface area (Å²) in [6, 6.07) is 21.4. The quantitative estimate of drug-likeness (QED) is 0.350. The van der Waals surface area contributed by atoms with Crippen molar-refractivity contribution in [2.75, 3.05) is 17.7 Å². The predicted molar refractivity (Wildman–Crippen MR) is 131 cm³/mol. The number of nitrogens with one attached hydrogen (secondary N) is 3. The fourth-order valence-electron chi connectivity index (χ4n) is 3.38. The third-order valence-electron chi connectivity index (χ3n) is 5.00. The standard InChI is InChI=1S/C26H24N4O4/c1-17(31)28-16-18-14-22-23(15-25(18)33-2)27-13-12-24(22)34-21-10-8-20(9-11-21)30-26(32)29-19-6-4-3-5-7-19/h3-15H,16H2,1-2H3,(H,28,31)(H2,29,30,32). The van der Waals surface area contributed by atoms with Crippen LogP contribution in [0.1, 0.15) is 12.5 Å². The van der Waals surface area contributed by atoms with Gasteiger partial charge >= 0.3 is 6.03 Å². The summed E-state index contributed by atoms with van der Waals surface area (Å²) < 4.78 is 11.6. The SMILES string of the molecule is COc1cc2nccc(Oc3ccc(NC(=O)Nc4ccccc4)cc3)c2cc1CNC(C)=O. The molecule has 3 aromatic carbocycles. The predicted octanol–water partition coefficient (Wildman–Crippen LogP) is 5.32. The number of hydrogen-bond acceptors (Lipinski definition) is 5. The Morgan fingerprint density at radius 3 is 2.26 bits per heavy atom. The number of methoxy groups -OCH3 is 1. The second-order valence-electron chi connectivity index (χ2n) is 7.47. The maximum absolute atomic E-state index is 12.2. The van der Waals surface area contributed by atoms with E-state index in [1.807, 2.05) is 42.5 Å². The van der Waals surface area contributed by atoms with Crippen molar-refractivity contribution in [1.29, 1.82) is 0 Å². The highest BCUT2D eigenvalue weighted by molar-refractivity contribution is 5.99. The summed E-state index contributed by atoms with van der Waals surface area (Å²) in [5.74, 6) is 1.71. The number of rotatable bonds is 7. The van der Waals surface area contributed by atoms with Crippen molar-refractivity contribution in [3.63, 3.8) is 0 Å². The van der Waals surface area contributed by atoms with Gasteiger partial charge in [-0.05, 0) is 48.5 Å². The first-order valence-corrected chi connectivity index (χ1v) is 10.6. The van der Waals surface area contributed by atoms with E-state index in [9.17, 15) is 9.59 Å². The van der Waals surface area contributed by atoms with E-state index in [4.69, 9.17) is 9.47 Å². The Hall–Kier alpha value is -4.59. The highest BCUT2D eigenvalue weighted by Crippen LogP contribution is 2.33. The summed E-state index contributed by atoms with van der Waals surface area (Å²) in [4.78, 5) is 27.9. The van der Waals surface area contributed by atoms with Gasteiger partial charge in [0.1, 0.15) is 17.2 Å². The van der Waals surface area contributed by atoms with Gasteiger partial charge in [0.2, 0.25) is 5.91 Å². The molecular weight excluding hydrogens is 432 g/mol. The molecule has 4 rings (SSSR count). The van der Waals surface area contributed by atoms with Crippen LogP contribution >= 0.6 is 0 Å². The molecule has 1 heterocycles. The van der Waals surface area contributed by atoms with Crippen LogP contribution in [-0.2, 0) is 11.3 Å². The zero-order valence-electron chi connectivity index (χ0n) is 18.8. The Kier molecular flexibility index (Phi) is 6.88. The smallest absolute Gasteiger partial charge is 0.323 e. The van der Waals surface area contributed by atoms with E-state index in [1.165, 1.54) is 6.92 Å². The first-order chi connectivity index (χ1) is 16.5. The van der Waals surface area contributed by atoms with E-state index in [1.54, 1.807) is 43.6 Å². The number of pyridine rings is 1. The number of anilines is 2. The molecule has 0 bridgehead atoms. The summed E-state index contributed by atoms with van der Waals surface area (Å²) >= 11 is 0. The molecule has 0 aliphatic carbocycles. The van der Waals surface area contributed by atoms with Crippen LogP contribution in [0, 0.1) is 0 Å². The summed E-state index contributed by atoms with van der Waals surface area (Å²) in [7, 11) is 1.58. The number of carbonyl (C=O) groups is 2. The number of benzene rings is 3. The lowest BCUT2D eigenvalue weighted by Gasteiger charge is -2.14. The number of amides is 3. The summed E-state index contributed by atoms with van der Waals surface area (Å²) in [6.45, 7) is 1.79. The van der Waals surface area contributed by atoms with Crippen LogP contribution in [0.4, 0.5) is 16.2 Å². The van der Waals surface area contributed by atoms with Crippen LogP contribution in [0.3, 0.4) is 0 Å². The lowest BCUT2D eigenvalue weighted by atomic mass is 10.1. The number of urea groups is 1. The van der Waals surface area contributed by atoms with Gasteiger partial charge in [0, 0.05) is 48.1 Å². The van der Waals surface area contributed by atoms with Crippen LogP contribution in [0.2, 0.25) is 0 Å². The molecule has 34 heavy (non-hydrogen) atoms. The lowest BCUT2D eigenvalue weighted by molar-refractivity contribution is -0.119. The number of hydrogen-bond donors (Lipinski definition) is 3. The molecule has 0 radical (unpaired) electrons. The van der Waals surface area contributed by atoms with Crippen molar-refractivity contribution < 1.29 is 19.1 Å². The summed E-state index contributed by atoms with van der Waals surface area (Å²) in [5, 5.41) is 9.14. The molecule has 3 N–H and O–H groups in total. The van der Waals surface area contributed by atoms with E-state index in [2.05, 4.69) is 20.9 Å². The van der Waals surface area contributed by atoms with Crippen LogP contribution in [0.15, 0.2) is 79.0 Å². The molecule has 0 aliphatic heterocycles. The molecule has 0 fully saturated rings. The molecule has 4 aromatic rings. The molecular formula is C26H24N4O4. The molecule has 0 atom stereocenters. The van der Waals surface area contributed by atoms with Crippen LogP contribution in [-0.4, -0.2) is 24.0 Å². The van der Waals surface area contributed by atoms with Crippen molar-refractivity contribution in [2.45, 2.75) is 13.5 Å². The molecule has 172 valence electrons. The van der Waals surface area contributed by atoms with Gasteiger partial charge in [-0.3, -0.25) is 9.78 Å². The van der Waals surface area contributed by atoms with Gasteiger partial charge in [-0.25, -0.2) is 4.79 Å². The summed E-state index contributed by atoms with van der Waals surface area (Å²) in [5.41, 5.74) is 2.85. The largest absolute Gasteiger partial charge is 0.496 e. The number of nitrogens with zero attached hydrogens (tertiary/aromatic N) is 1. The van der Waals surface area contributed by atoms with Gasteiger partial charge in [0.05, 0.1) is 12.6 Å². The van der Waals surface area contributed by atoms with Crippen molar-refractivity contribution in [1.82, 2.24) is 10.3 Å². The average molecular weight is 457 g/mol. The molecule has 1 aromatic heterocycles. The van der Waals surface area contributed by atoms with Gasteiger partial charge in [0.25, 0.3) is 0 Å². The molecule has 0 unspecified atom stereocenters. The molecule has 0 saturated heterocycles. The van der Waals surface area contributed by atoms with E-state index >= 15 is 0 Å². The minimum atomic E-state index is -0.333. The Morgan fingerprint density at radius 2 is 1.59 bits per heavy atom. The number of fused-ring (bicyclic) bond motifs is 1. The Labute approximate surface area is 196 Å². The van der Waals surface area contributed by atoms with E-state index in [-0.39, 0.29) is 11.9 Å². The van der Waals surface area contributed by atoms with Gasteiger partial charge < -0.3 is 25.4 Å². The molecule has 0 saturated carbocycles. The molecule has 0 spiro atoms. The number of carbonyl (C=O) groups excluding carboxylic acids is 2. The highest BCUT2D eigenvalue weighted by Gasteiger charge is 2.12. The fourth-order valence-corrected chi connectivity index (χ4v) is 3.38. The average Bonchev–Trinajstić information content (AvgIpc) is 2.84. The second kappa shape index (κ2) is 10.4. The normalized spacial score (nSPS) is 10.4. The van der Waals surface area contributed by atoms with Crippen molar-refractivity contribution in [3.05, 3.63) is 84.6 Å². The first kappa shape index (κ1) is 22.6. The second-order valence-corrected chi connectivity index (χ2v) is 7.47. The fraction of sp³-hybridized carbons (Fsp3) is 0.115. The van der Waals surface area contributed by atoms with Gasteiger partial charge in [-0.2, -0.15) is 0 Å². The molecule has 8 heteroatoms. The molecule has 0 aliphatic rings. The van der Waals surface area contributed by atoms with E-state index in [0.717, 1.165) is 10.9 Å². The maximum atomic E-state index is 12.2. The minimum absolute atomic E-state index is 0.129. The number of ether oxygens (including phenoxy) is 2. The maximum Gasteiger partial charge on any atom is 0.323 e. The number of aromatic nitrogens is 1. The highest BCUT2D eigenvalue weighted by atomic mass is 16.5. The van der Waals surface area contributed by atoms with E-state index < -0.39 is 0 Å². The zero-order chi connectivity index (χ0) is 23.9. The Morgan fingerprint density at radius 1 is 0.882 bits per heavy atom. The third-order valence-corrected chi connectivity index (χ3v) is 5.00. The molecule has 3 amide bonds. The van der Waals surface area contributed by atoms with Crippen molar-refractivity contribution >= 4 is 34.2 Å². The van der Waals surface area contributed by atoms with Crippen molar-refractivity contribution in [3.8, 4) is 17.2 Å². The Bertz CT molecular complexity index is 1310. The summed E-state index contributed by atoms with van der Waals surface area (Å²) in [6.07, 6.45) is 1.66.